The zero-order valence-corrected chi connectivity index (χ0v) is 26.8. The smallest absolute Gasteiger partial charge is 0.368 e. The van der Waals surface area contributed by atoms with Gasteiger partial charge in [0.2, 0.25) is 0 Å². The predicted molar refractivity (Wildman–Crippen MR) is 166 cm³/mol. The molecule has 2 saturated heterocycles. The van der Waals surface area contributed by atoms with Crippen molar-refractivity contribution in [1.29, 1.82) is 0 Å². The number of carbonyl (C=O) groups is 1. The van der Waals surface area contributed by atoms with Crippen molar-refractivity contribution in [2.75, 3.05) is 67.2 Å². The topological polar surface area (TPSA) is 93.7 Å². The van der Waals surface area contributed by atoms with Gasteiger partial charge in [-0.3, -0.25) is 5.10 Å². The summed E-state index contributed by atoms with van der Waals surface area (Å²) in [4.78, 5) is 32.4. The van der Waals surface area contributed by atoms with E-state index in [1.54, 1.807) is 6.07 Å². The third kappa shape index (κ3) is 7.38. The van der Waals surface area contributed by atoms with Gasteiger partial charge >= 0.3 is 12.1 Å². The SMILES string of the molecule is Cc1c(N2CCN(c3ncnc4[nH]nc(Br)c34)CC2)cc(C#CC(C)(C)C)cc1N(CCN1CCCC1)OC(=O)C(F)(F)F. The van der Waals surface area contributed by atoms with Gasteiger partial charge in [-0.05, 0) is 87.3 Å². The third-order valence-electron chi connectivity index (χ3n) is 7.66. The van der Waals surface area contributed by atoms with Crippen molar-refractivity contribution in [2.24, 2.45) is 5.41 Å². The Kier molecular flexibility index (Phi) is 9.27. The Morgan fingerprint density at radius 3 is 2.41 bits per heavy atom. The number of likely N-dealkylation sites (tertiary alicyclic amines) is 1. The maximum Gasteiger partial charge on any atom is 0.493 e. The molecule has 0 saturated carbocycles. The standard InChI is InChI=1S/C30H36BrF3N8O2/c1-20-22(40-12-14-41(15-13-40)27-24-25(31)37-38-26(24)35-19-36-27)17-21(7-8-29(2,3)4)18-23(20)42(44-28(43)30(32,33)34)16-11-39-9-5-6-10-39/h17-19H,5-6,9-16H2,1-4H3,(H,35,36,37,38). The van der Waals surface area contributed by atoms with Gasteiger partial charge in [0.05, 0.1) is 17.6 Å². The van der Waals surface area contributed by atoms with Crippen molar-refractivity contribution in [3.05, 3.63) is 34.2 Å². The van der Waals surface area contributed by atoms with Gasteiger partial charge in [0, 0.05) is 49.4 Å². The van der Waals surface area contributed by atoms with Crippen LogP contribution in [0.25, 0.3) is 11.0 Å². The summed E-state index contributed by atoms with van der Waals surface area (Å²) in [5.41, 5.74) is 2.90. The second-order valence-corrected chi connectivity index (χ2v) is 12.8. The molecule has 2 aromatic heterocycles. The number of nitrogens with one attached hydrogen (secondary N) is 1. The summed E-state index contributed by atoms with van der Waals surface area (Å²) < 4.78 is 40.8. The lowest BCUT2D eigenvalue weighted by molar-refractivity contribution is -0.201. The van der Waals surface area contributed by atoms with E-state index in [-0.39, 0.29) is 12.0 Å². The number of hydroxylamine groups is 1. The lowest BCUT2D eigenvalue weighted by Gasteiger charge is -2.38. The van der Waals surface area contributed by atoms with Crippen LogP contribution >= 0.6 is 15.9 Å². The van der Waals surface area contributed by atoms with Crippen LogP contribution in [0.5, 0.6) is 0 Å². The molecular formula is C30H36BrF3N8O2. The Balaban J connectivity index is 1.47. The molecule has 236 valence electrons. The van der Waals surface area contributed by atoms with Crippen LogP contribution in [0, 0.1) is 24.2 Å². The van der Waals surface area contributed by atoms with E-state index in [2.05, 4.69) is 62.6 Å². The van der Waals surface area contributed by atoms with Gasteiger partial charge in [0.15, 0.2) is 5.65 Å². The van der Waals surface area contributed by atoms with E-state index in [0.717, 1.165) is 47.9 Å². The molecule has 2 aliphatic rings. The maximum atomic E-state index is 13.4. The van der Waals surface area contributed by atoms with E-state index in [0.29, 0.717) is 59.8 Å². The highest BCUT2D eigenvalue weighted by Crippen LogP contribution is 2.35. The molecule has 5 rings (SSSR count). The summed E-state index contributed by atoms with van der Waals surface area (Å²) in [7, 11) is 0. The normalized spacial score (nSPS) is 16.3. The molecule has 2 fully saturated rings. The molecule has 2 aliphatic heterocycles. The minimum Gasteiger partial charge on any atom is -0.368 e. The zero-order chi connectivity index (χ0) is 31.6. The number of rotatable bonds is 7. The van der Waals surface area contributed by atoms with Crippen molar-refractivity contribution in [2.45, 2.75) is 46.7 Å². The molecule has 1 N–H and O–H groups in total. The molecule has 0 radical (unpaired) electrons. The van der Waals surface area contributed by atoms with Crippen LogP contribution < -0.4 is 14.9 Å². The predicted octanol–water partition coefficient (Wildman–Crippen LogP) is 5.07. The number of piperazine rings is 1. The Labute approximate surface area is 263 Å². The zero-order valence-electron chi connectivity index (χ0n) is 25.3. The van der Waals surface area contributed by atoms with Crippen LogP contribution in [0.3, 0.4) is 0 Å². The quantitative estimate of drug-likeness (QED) is 0.272. The van der Waals surface area contributed by atoms with E-state index < -0.39 is 12.1 Å². The number of nitrogens with zero attached hydrogens (tertiary/aromatic N) is 7. The number of benzene rings is 1. The first-order chi connectivity index (χ1) is 20.8. The minimum atomic E-state index is -5.13. The average molecular weight is 678 g/mol. The Morgan fingerprint density at radius 2 is 1.75 bits per heavy atom. The van der Waals surface area contributed by atoms with Crippen LogP contribution in [-0.2, 0) is 9.63 Å². The van der Waals surface area contributed by atoms with Crippen molar-refractivity contribution in [3.63, 3.8) is 0 Å². The third-order valence-corrected chi connectivity index (χ3v) is 8.23. The number of alkyl halides is 3. The van der Waals surface area contributed by atoms with E-state index in [1.165, 1.54) is 6.33 Å². The number of aromatic amines is 1. The number of hydrogen-bond donors (Lipinski definition) is 1. The largest absolute Gasteiger partial charge is 0.493 e. The number of H-pyrrole nitrogens is 1. The molecule has 0 amide bonds. The summed E-state index contributed by atoms with van der Waals surface area (Å²) >= 11 is 3.48. The molecule has 0 bridgehead atoms. The fourth-order valence-corrected chi connectivity index (χ4v) is 5.87. The highest BCUT2D eigenvalue weighted by molar-refractivity contribution is 9.10. The highest BCUT2D eigenvalue weighted by Gasteiger charge is 2.43. The Hall–Kier alpha value is -3.57. The first-order valence-electron chi connectivity index (χ1n) is 14.6. The molecule has 14 heteroatoms. The molecular weight excluding hydrogens is 641 g/mol. The van der Waals surface area contributed by atoms with Gasteiger partial charge < -0.3 is 19.5 Å². The number of anilines is 3. The second-order valence-electron chi connectivity index (χ2n) is 12.1. The molecule has 0 spiro atoms. The van der Waals surface area contributed by atoms with Gasteiger partial charge in [0.25, 0.3) is 0 Å². The molecule has 10 nitrogen and oxygen atoms in total. The molecule has 44 heavy (non-hydrogen) atoms. The fourth-order valence-electron chi connectivity index (χ4n) is 5.42. The van der Waals surface area contributed by atoms with Crippen LogP contribution in [-0.4, -0.2) is 89.6 Å². The summed E-state index contributed by atoms with van der Waals surface area (Å²) in [5, 5.41) is 8.99. The van der Waals surface area contributed by atoms with E-state index >= 15 is 0 Å². The van der Waals surface area contributed by atoms with E-state index in [9.17, 15) is 18.0 Å². The Bertz CT molecular complexity index is 1560. The van der Waals surface area contributed by atoms with Crippen LogP contribution in [0.2, 0.25) is 0 Å². The first-order valence-corrected chi connectivity index (χ1v) is 15.4. The second kappa shape index (κ2) is 12.8. The molecule has 4 heterocycles. The lowest BCUT2D eigenvalue weighted by atomic mass is 9.97. The van der Waals surface area contributed by atoms with E-state index in [1.807, 2.05) is 33.8 Å². The summed E-state index contributed by atoms with van der Waals surface area (Å²) in [6, 6.07) is 3.68. The number of hydrogen-bond acceptors (Lipinski definition) is 9. The molecule has 1 aromatic carbocycles. The van der Waals surface area contributed by atoms with Crippen molar-refractivity contribution < 1.29 is 22.8 Å². The summed E-state index contributed by atoms with van der Waals surface area (Å²) in [6.45, 7) is 12.6. The fraction of sp³-hybridized carbons (Fsp3) is 0.533. The van der Waals surface area contributed by atoms with Gasteiger partial charge in [-0.15, -0.1) is 0 Å². The van der Waals surface area contributed by atoms with Gasteiger partial charge in [0.1, 0.15) is 16.7 Å². The average Bonchev–Trinajstić information content (AvgIpc) is 3.64. The highest BCUT2D eigenvalue weighted by atomic mass is 79.9. The number of fused-ring (bicyclic) bond motifs is 1. The molecule has 0 aliphatic carbocycles. The minimum absolute atomic E-state index is 0.0926. The van der Waals surface area contributed by atoms with Crippen molar-refractivity contribution in [1.82, 2.24) is 25.1 Å². The van der Waals surface area contributed by atoms with Gasteiger partial charge in [-0.2, -0.15) is 18.3 Å². The number of aromatic nitrogens is 4. The summed E-state index contributed by atoms with van der Waals surface area (Å²) in [5.74, 6) is 4.95. The summed E-state index contributed by atoms with van der Waals surface area (Å²) in [6.07, 6.45) is -1.55. The van der Waals surface area contributed by atoms with Gasteiger partial charge in [-0.1, -0.05) is 11.8 Å². The molecule has 0 atom stereocenters. The maximum absolute atomic E-state index is 13.4. The number of carbonyl (C=O) groups excluding carboxylic acids is 1. The molecule has 0 unspecified atom stereocenters. The van der Waals surface area contributed by atoms with Crippen LogP contribution in [0.4, 0.5) is 30.4 Å². The monoisotopic (exact) mass is 676 g/mol. The first kappa shape index (κ1) is 31.8. The van der Waals surface area contributed by atoms with Crippen LogP contribution in [0.1, 0.15) is 44.7 Å². The van der Waals surface area contributed by atoms with Crippen LogP contribution in [0.15, 0.2) is 23.1 Å². The van der Waals surface area contributed by atoms with Gasteiger partial charge in [-0.25, -0.2) is 19.8 Å². The van der Waals surface area contributed by atoms with E-state index in [4.69, 9.17) is 4.84 Å². The van der Waals surface area contributed by atoms with Crippen molar-refractivity contribution in [3.8, 4) is 11.8 Å². The Morgan fingerprint density at radius 1 is 1.07 bits per heavy atom. The number of halogens is 4. The lowest BCUT2D eigenvalue weighted by Crippen LogP contribution is -2.47. The van der Waals surface area contributed by atoms with Crippen molar-refractivity contribution >= 4 is 50.1 Å². The molecule has 3 aromatic rings.